The Labute approximate surface area is 177 Å². The molecule has 1 aliphatic heterocycles. The number of nitrogens with one attached hydrogen (secondary N) is 3. The molecular weight excluding hydrogens is 386 g/mol. The van der Waals surface area contributed by atoms with Crippen LogP contribution in [-0.2, 0) is 11.3 Å². The Kier molecular flexibility index (Phi) is 7.59. The molecule has 164 valence electrons. The maximum atomic E-state index is 12.4. The highest BCUT2D eigenvalue weighted by atomic mass is 16.5. The van der Waals surface area contributed by atoms with Crippen molar-refractivity contribution >= 4 is 5.91 Å². The van der Waals surface area contributed by atoms with Gasteiger partial charge in [-0.1, -0.05) is 0 Å². The highest BCUT2D eigenvalue weighted by Crippen LogP contribution is 2.39. The van der Waals surface area contributed by atoms with Gasteiger partial charge in [-0.25, -0.2) is 0 Å². The summed E-state index contributed by atoms with van der Waals surface area (Å²) < 4.78 is 21.8. The van der Waals surface area contributed by atoms with Crippen molar-refractivity contribution in [2.75, 3.05) is 54.1 Å². The van der Waals surface area contributed by atoms with Crippen molar-refractivity contribution in [2.45, 2.75) is 19.5 Å². The van der Waals surface area contributed by atoms with Crippen LogP contribution < -0.4 is 29.3 Å². The van der Waals surface area contributed by atoms with Crippen molar-refractivity contribution in [2.24, 2.45) is 0 Å². The molecule has 1 atom stereocenters. The minimum atomic E-state index is -0.115. The molecular formula is C22H33N3O5+2. The number of amides is 1. The van der Waals surface area contributed by atoms with Gasteiger partial charge in [0, 0.05) is 0 Å². The molecule has 0 radical (unpaired) electrons. The fraction of sp³-hybridized carbons (Fsp3) is 0.500. The molecule has 3 N–H and O–H groups in total. The van der Waals surface area contributed by atoms with Gasteiger partial charge in [-0.2, -0.15) is 0 Å². The second-order valence-corrected chi connectivity index (χ2v) is 7.65. The Bertz CT molecular complexity index is 816. The lowest BCUT2D eigenvalue weighted by Gasteiger charge is -2.30. The Morgan fingerprint density at radius 2 is 1.73 bits per heavy atom. The van der Waals surface area contributed by atoms with Crippen molar-refractivity contribution in [3.05, 3.63) is 41.9 Å². The number of hydrogen-bond donors (Lipinski definition) is 3. The fourth-order valence-corrected chi connectivity index (χ4v) is 4.01. The molecule has 1 aliphatic rings. The summed E-state index contributed by atoms with van der Waals surface area (Å²) in [5, 5.41) is 3.02. The number of quaternary nitrogens is 2. The first-order valence-corrected chi connectivity index (χ1v) is 10.3. The van der Waals surface area contributed by atoms with Crippen molar-refractivity contribution in [3.8, 4) is 17.2 Å². The topological polar surface area (TPSA) is 78.8 Å². The van der Waals surface area contributed by atoms with E-state index >= 15 is 0 Å². The number of piperazine rings is 1. The predicted molar refractivity (Wildman–Crippen MR) is 111 cm³/mol. The highest BCUT2D eigenvalue weighted by molar-refractivity contribution is 5.77. The van der Waals surface area contributed by atoms with Crippen LogP contribution in [0.15, 0.2) is 34.9 Å². The van der Waals surface area contributed by atoms with E-state index in [9.17, 15) is 4.79 Å². The van der Waals surface area contributed by atoms with Crippen molar-refractivity contribution < 1.29 is 33.2 Å². The van der Waals surface area contributed by atoms with E-state index in [0.717, 1.165) is 49.8 Å². The molecule has 1 aromatic carbocycles. The zero-order valence-electron chi connectivity index (χ0n) is 18.2. The average Bonchev–Trinajstić information content (AvgIpc) is 3.29. The minimum absolute atomic E-state index is 0.0545. The Morgan fingerprint density at radius 1 is 1.03 bits per heavy atom. The minimum Gasteiger partial charge on any atom is -0.493 e. The number of methoxy groups -OCH3 is 3. The smallest absolute Gasteiger partial charge is 0.275 e. The lowest BCUT2D eigenvalue weighted by atomic mass is 10.1. The Morgan fingerprint density at radius 3 is 2.33 bits per heavy atom. The summed E-state index contributed by atoms with van der Waals surface area (Å²) in [6, 6.07) is 7.55. The van der Waals surface area contributed by atoms with E-state index in [1.807, 2.05) is 31.2 Å². The molecule has 1 amide bonds. The Hall–Kier alpha value is -2.71. The first-order valence-electron chi connectivity index (χ1n) is 10.3. The molecule has 1 saturated heterocycles. The van der Waals surface area contributed by atoms with Crippen molar-refractivity contribution in [3.63, 3.8) is 0 Å². The number of carbonyl (C=O) groups excluding carboxylic acids is 1. The molecule has 8 nitrogen and oxygen atoms in total. The van der Waals surface area contributed by atoms with Crippen LogP contribution in [-0.4, -0.2) is 60.0 Å². The third kappa shape index (κ3) is 5.25. The van der Waals surface area contributed by atoms with Crippen LogP contribution >= 0.6 is 0 Å². The van der Waals surface area contributed by atoms with Crippen LogP contribution in [0.4, 0.5) is 0 Å². The quantitative estimate of drug-likeness (QED) is 0.509. The van der Waals surface area contributed by atoms with Crippen LogP contribution in [0.3, 0.4) is 0 Å². The third-order valence-electron chi connectivity index (χ3n) is 5.65. The number of ether oxygens (including phenoxy) is 3. The largest absolute Gasteiger partial charge is 0.493 e. The zero-order valence-corrected chi connectivity index (χ0v) is 18.2. The number of hydrogen-bond acceptors (Lipinski definition) is 5. The van der Waals surface area contributed by atoms with Gasteiger partial charge in [0.05, 0.1) is 39.2 Å². The van der Waals surface area contributed by atoms with Gasteiger partial charge in [0.2, 0.25) is 5.75 Å². The molecule has 0 aliphatic carbocycles. The van der Waals surface area contributed by atoms with Gasteiger partial charge in [-0.15, -0.1) is 0 Å². The molecule has 2 heterocycles. The van der Waals surface area contributed by atoms with Gasteiger partial charge >= 0.3 is 0 Å². The van der Waals surface area contributed by atoms with Crippen molar-refractivity contribution in [1.82, 2.24) is 5.32 Å². The number of carbonyl (C=O) groups is 1. The molecule has 1 fully saturated rings. The van der Waals surface area contributed by atoms with E-state index in [1.54, 1.807) is 27.6 Å². The molecule has 1 aromatic heterocycles. The van der Waals surface area contributed by atoms with E-state index in [0.29, 0.717) is 18.0 Å². The summed E-state index contributed by atoms with van der Waals surface area (Å²) in [6.45, 7) is 7.16. The molecule has 0 spiro atoms. The molecule has 3 rings (SSSR count). The summed E-state index contributed by atoms with van der Waals surface area (Å²) in [5.74, 6) is 2.85. The number of furan rings is 1. The number of benzene rings is 1. The van der Waals surface area contributed by atoms with Gasteiger partial charge in [0.1, 0.15) is 38.5 Å². The maximum absolute atomic E-state index is 12.4. The van der Waals surface area contributed by atoms with E-state index in [-0.39, 0.29) is 11.9 Å². The standard InChI is InChI=1S/C22H31N3O5/c1-16(18-6-5-13-30-18)23-20(26)15-25-11-9-24(10-12-25)14-17-7-8-19(27-2)22(29-4)21(17)28-3/h5-8,13,16H,9-12,14-15H2,1-4H3,(H,23,26)/p+2/t16-/m1/s1. The SMILES string of the molecule is COc1ccc(C[NH+]2CC[NH+](CC(=O)N[C@H](C)c3ccco3)CC2)c(OC)c1OC. The van der Waals surface area contributed by atoms with E-state index in [2.05, 4.69) is 5.32 Å². The normalized spacial score (nSPS) is 19.7. The number of rotatable bonds is 9. The van der Waals surface area contributed by atoms with Crippen molar-refractivity contribution in [1.29, 1.82) is 0 Å². The molecule has 0 bridgehead atoms. The zero-order chi connectivity index (χ0) is 21.5. The second-order valence-electron chi connectivity index (χ2n) is 7.65. The first-order chi connectivity index (χ1) is 14.5. The molecule has 2 aromatic rings. The summed E-state index contributed by atoms with van der Waals surface area (Å²) in [7, 11) is 4.90. The summed E-state index contributed by atoms with van der Waals surface area (Å²) in [4.78, 5) is 15.2. The summed E-state index contributed by atoms with van der Waals surface area (Å²) >= 11 is 0. The van der Waals surface area contributed by atoms with Gasteiger partial charge < -0.3 is 33.7 Å². The monoisotopic (exact) mass is 419 g/mol. The highest BCUT2D eigenvalue weighted by Gasteiger charge is 2.27. The predicted octanol–water partition coefficient (Wildman–Crippen LogP) is -0.534. The molecule has 0 unspecified atom stereocenters. The molecule has 8 heteroatoms. The van der Waals surface area contributed by atoms with E-state index in [1.165, 1.54) is 9.80 Å². The molecule has 30 heavy (non-hydrogen) atoms. The summed E-state index contributed by atoms with van der Waals surface area (Å²) in [5.41, 5.74) is 1.10. The third-order valence-corrected chi connectivity index (χ3v) is 5.65. The van der Waals surface area contributed by atoms with E-state index in [4.69, 9.17) is 18.6 Å². The lowest BCUT2D eigenvalue weighted by molar-refractivity contribution is -1.02. The lowest BCUT2D eigenvalue weighted by Crippen LogP contribution is -3.28. The van der Waals surface area contributed by atoms with Gasteiger partial charge in [0.25, 0.3) is 5.91 Å². The maximum Gasteiger partial charge on any atom is 0.275 e. The first kappa shape index (κ1) is 22.0. The Balaban J connectivity index is 1.50. The van der Waals surface area contributed by atoms with Crippen LogP contribution in [0.1, 0.15) is 24.3 Å². The van der Waals surface area contributed by atoms with Crippen LogP contribution in [0.5, 0.6) is 17.2 Å². The van der Waals surface area contributed by atoms with E-state index < -0.39 is 0 Å². The van der Waals surface area contributed by atoms with Crippen LogP contribution in [0.25, 0.3) is 0 Å². The summed E-state index contributed by atoms with van der Waals surface area (Å²) in [6.07, 6.45) is 1.62. The fourth-order valence-electron chi connectivity index (χ4n) is 4.01. The second kappa shape index (κ2) is 10.4. The average molecular weight is 420 g/mol. The molecule has 0 saturated carbocycles. The van der Waals surface area contributed by atoms with Gasteiger partial charge in [0.15, 0.2) is 18.0 Å². The van der Waals surface area contributed by atoms with Crippen LogP contribution in [0, 0.1) is 0 Å². The van der Waals surface area contributed by atoms with Gasteiger partial charge in [-0.05, 0) is 31.2 Å². The van der Waals surface area contributed by atoms with Gasteiger partial charge in [-0.3, -0.25) is 4.79 Å². The van der Waals surface area contributed by atoms with Crippen LogP contribution in [0.2, 0.25) is 0 Å².